The SMILES string of the molecule is C=NC(CCC(=O)[O-])C(=O)[O-].Cl. The smallest absolute Gasteiger partial charge is 0.0889 e. The van der Waals surface area contributed by atoms with E-state index in [-0.39, 0.29) is 25.2 Å². The van der Waals surface area contributed by atoms with E-state index in [1.807, 2.05) is 0 Å². The first-order valence-electron chi connectivity index (χ1n) is 2.94. The van der Waals surface area contributed by atoms with Crippen molar-refractivity contribution in [3.8, 4) is 0 Å². The molecule has 6 heteroatoms. The van der Waals surface area contributed by atoms with Gasteiger partial charge in [0.15, 0.2) is 0 Å². The lowest BCUT2D eigenvalue weighted by Gasteiger charge is -2.12. The van der Waals surface area contributed by atoms with Gasteiger partial charge in [0.2, 0.25) is 0 Å². The summed E-state index contributed by atoms with van der Waals surface area (Å²) in [7, 11) is 0. The summed E-state index contributed by atoms with van der Waals surface area (Å²) in [6, 6.07) is -1.15. The fraction of sp³-hybridized carbons (Fsp3) is 0.500. The van der Waals surface area contributed by atoms with E-state index in [0.29, 0.717) is 0 Å². The highest BCUT2D eigenvalue weighted by Gasteiger charge is 2.05. The number of rotatable bonds is 5. The van der Waals surface area contributed by atoms with E-state index in [1.165, 1.54) is 0 Å². The fourth-order valence-electron chi connectivity index (χ4n) is 0.538. The second-order valence-corrected chi connectivity index (χ2v) is 1.93. The van der Waals surface area contributed by atoms with Crippen molar-refractivity contribution < 1.29 is 19.8 Å². The molecule has 0 aliphatic carbocycles. The summed E-state index contributed by atoms with van der Waals surface area (Å²) in [6.07, 6.45) is -0.480. The van der Waals surface area contributed by atoms with Gasteiger partial charge < -0.3 is 19.8 Å². The number of carboxylic acids is 2. The molecule has 0 radical (unpaired) electrons. The second kappa shape index (κ2) is 6.60. The lowest BCUT2D eigenvalue weighted by Crippen LogP contribution is -2.35. The lowest BCUT2D eigenvalue weighted by molar-refractivity contribution is -0.309. The number of nitrogens with zero attached hydrogens (tertiary/aromatic N) is 1. The number of halogens is 1. The average molecular weight is 194 g/mol. The van der Waals surface area contributed by atoms with E-state index >= 15 is 0 Å². The van der Waals surface area contributed by atoms with Crippen LogP contribution in [0.3, 0.4) is 0 Å². The van der Waals surface area contributed by atoms with Crippen molar-refractivity contribution in [3.05, 3.63) is 0 Å². The highest BCUT2D eigenvalue weighted by atomic mass is 35.5. The van der Waals surface area contributed by atoms with Gasteiger partial charge in [0.1, 0.15) is 0 Å². The summed E-state index contributed by atoms with van der Waals surface area (Å²) < 4.78 is 0. The van der Waals surface area contributed by atoms with E-state index < -0.39 is 18.0 Å². The molecule has 1 unspecified atom stereocenters. The summed E-state index contributed by atoms with van der Waals surface area (Å²) >= 11 is 0. The Hall–Kier alpha value is -1.10. The second-order valence-electron chi connectivity index (χ2n) is 1.93. The normalized spacial score (nSPS) is 11.0. The monoisotopic (exact) mass is 193 g/mol. The summed E-state index contributed by atoms with van der Waals surface area (Å²) in [5.74, 6) is -2.72. The van der Waals surface area contributed by atoms with Crippen molar-refractivity contribution in [3.63, 3.8) is 0 Å². The number of carbonyl (C=O) groups excluding carboxylic acids is 2. The molecular weight excluding hydrogens is 186 g/mol. The molecule has 0 bridgehead atoms. The standard InChI is InChI=1S/C6H9NO4.ClH/c1-7-4(6(10)11)2-3-5(8)9;/h4H,1-3H2,(H,8,9)(H,10,11);1H/p-2. The van der Waals surface area contributed by atoms with E-state index in [9.17, 15) is 19.8 Å². The molecule has 0 aliphatic heterocycles. The van der Waals surface area contributed by atoms with Crippen LogP contribution in [0.1, 0.15) is 12.8 Å². The quantitative estimate of drug-likeness (QED) is 0.462. The molecule has 0 amide bonds. The lowest BCUT2D eigenvalue weighted by atomic mass is 10.2. The topological polar surface area (TPSA) is 92.6 Å². The molecular formula is C6H8ClNO4-2. The Morgan fingerprint density at radius 3 is 2.17 bits per heavy atom. The molecule has 0 aromatic carbocycles. The molecule has 0 aromatic heterocycles. The van der Waals surface area contributed by atoms with Crippen LogP contribution in [-0.2, 0) is 9.59 Å². The summed E-state index contributed by atoms with van der Waals surface area (Å²) in [5.41, 5.74) is 0. The number of aliphatic imine (C=N–C) groups is 1. The number of aliphatic carboxylic acids is 2. The van der Waals surface area contributed by atoms with Crippen molar-refractivity contribution in [2.45, 2.75) is 18.9 Å². The van der Waals surface area contributed by atoms with E-state index in [4.69, 9.17) is 0 Å². The maximum Gasteiger partial charge on any atom is 0.0889 e. The molecule has 70 valence electrons. The Morgan fingerprint density at radius 2 is 1.92 bits per heavy atom. The van der Waals surface area contributed by atoms with Crippen molar-refractivity contribution in [1.29, 1.82) is 0 Å². The first kappa shape index (κ1) is 13.5. The molecule has 0 heterocycles. The van der Waals surface area contributed by atoms with Crippen LogP contribution in [0.15, 0.2) is 4.99 Å². The first-order valence-corrected chi connectivity index (χ1v) is 2.94. The van der Waals surface area contributed by atoms with Crippen LogP contribution in [0.2, 0.25) is 0 Å². The maximum absolute atomic E-state index is 10.1. The zero-order valence-electron chi connectivity index (χ0n) is 6.19. The van der Waals surface area contributed by atoms with Crippen LogP contribution in [0.25, 0.3) is 0 Å². The third kappa shape index (κ3) is 5.67. The van der Waals surface area contributed by atoms with Crippen molar-refractivity contribution in [1.82, 2.24) is 0 Å². The van der Waals surface area contributed by atoms with Crippen LogP contribution in [-0.4, -0.2) is 24.7 Å². The van der Waals surface area contributed by atoms with Crippen LogP contribution >= 0.6 is 12.4 Å². The zero-order chi connectivity index (χ0) is 8.85. The minimum absolute atomic E-state index is 0. The predicted octanol–water partition coefficient (Wildman–Crippen LogP) is -2.24. The minimum Gasteiger partial charge on any atom is -0.550 e. The Kier molecular flexibility index (Phi) is 7.42. The van der Waals surface area contributed by atoms with Gasteiger partial charge in [-0.05, 0) is 19.6 Å². The highest BCUT2D eigenvalue weighted by Crippen LogP contribution is 1.98. The third-order valence-corrected chi connectivity index (χ3v) is 1.11. The van der Waals surface area contributed by atoms with Gasteiger partial charge >= 0.3 is 0 Å². The molecule has 1 atom stereocenters. The van der Waals surface area contributed by atoms with E-state index in [0.717, 1.165) is 0 Å². The van der Waals surface area contributed by atoms with Gasteiger partial charge in [-0.15, -0.1) is 12.4 Å². The number of hydrogen-bond donors (Lipinski definition) is 0. The molecule has 5 nitrogen and oxygen atoms in total. The Morgan fingerprint density at radius 1 is 1.42 bits per heavy atom. The fourth-order valence-corrected chi connectivity index (χ4v) is 0.538. The summed E-state index contributed by atoms with van der Waals surface area (Å²) in [6.45, 7) is 2.98. The van der Waals surface area contributed by atoms with Gasteiger partial charge in [0.05, 0.1) is 12.0 Å². The third-order valence-electron chi connectivity index (χ3n) is 1.11. The predicted molar refractivity (Wildman–Crippen MR) is 39.8 cm³/mol. The molecule has 0 saturated heterocycles. The molecule has 0 aliphatic rings. The maximum atomic E-state index is 10.1. The summed E-state index contributed by atoms with van der Waals surface area (Å²) in [4.78, 5) is 23.1. The van der Waals surface area contributed by atoms with E-state index in [2.05, 4.69) is 11.7 Å². The van der Waals surface area contributed by atoms with Gasteiger partial charge in [-0.2, -0.15) is 0 Å². The van der Waals surface area contributed by atoms with Crippen molar-refractivity contribution >= 4 is 31.1 Å². The minimum atomic E-state index is -1.42. The van der Waals surface area contributed by atoms with Crippen LogP contribution in [0.5, 0.6) is 0 Å². The van der Waals surface area contributed by atoms with Crippen molar-refractivity contribution in [2.75, 3.05) is 0 Å². The molecule has 12 heavy (non-hydrogen) atoms. The van der Waals surface area contributed by atoms with Gasteiger partial charge in [0, 0.05) is 5.97 Å². The Balaban J connectivity index is 0. The molecule has 0 aromatic rings. The first-order chi connectivity index (χ1) is 5.07. The number of carboxylic acid groups (broad SMARTS) is 2. The Labute approximate surface area is 75.5 Å². The van der Waals surface area contributed by atoms with Gasteiger partial charge in [-0.3, -0.25) is 4.99 Å². The van der Waals surface area contributed by atoms with Crippen molar-refractivity contribution in [2.24, 2.45) is 4.99 Å². The Bertz CT molecular complexity index is 182. The van der Waals surface area contributed by atoms with Gasteiger partial charge in [-0.25, -0.2) is 0 Å². The average Bonchev–Trinajstić information content (AvgIpc) is 1.87. The van der Waals surface area contributed by atoms with Crippen LogP contribution in [0.4, 0.5) is 0 Å². The van der Waals surface area contributed by atoms with E-state index in [1.54, 1.807) is 0 Å². The molecule has 0 N–H and O–H groups in total. The summed E-state index contributed by atoms with van der Waals surface area (Å²) in [5, 5.41) is 19.9. The van der Waals surface area contributed by atoms with Crippen LogP contribution in [0, 0.1) is 0 Å². The zero-order valence-corrected chi connectivity index (χ0v) is 7.00. The van der Waals surface area contributed by atoms with Gasteiger partial charge in [-0.1, -0.05) is 0 Å². The molecule has 0 saturated carbocycles. The molecule has 0 fully saturated rings. The number of hydrogen-bond acceptors (Lipinski definition) is 5. The van der Waals surface area contributed by atoms with Gasteiger partial charge in [0.25, 0.3) is 0 Å². The molecule has 0 rings (SSSR count). The molecule has 0 spiro atoms. The number of carbonyl (C=O) groups is 2. The largest absolute Gasteiger partial charge is 0.550 e. The van der Waals surface area contributed by atoms with Crippen LogP contribution < -0.4 is 10.2 Å². The highest BCUT2D eigenvalue weighted by molar-refractivity contribution is 5.85.